The Balaban J connectivity index is 1.36. The van der Waals surface area contributed by atoms with Crippen molar-refractivity contribution < 1.29 is 4.52 Å². The fourth-order valence-corrected chi connectivity index (χ4v) is 3.47. The van der Waals surface area contributed by atoms with Crippen LogP contribution in [0.4, 0.5) is 0 Å². The summed E-state index contributed by atoms with van der Waals surface area (Å²) in [4.78, 5) is 9.33. The monoisotopic (exact) mass is 346 g/mol. The lowest BCUT2D eigenvalue weighted by molar-refractivity contribution is 0.0643. The summed E-state index contributed by atoms with van der Waals surface area (Å²) in [5.74, 6) is 2.49. The third kappa shape index (κ3) is 3.30. The summed E-state index contributed by atoms with van der Waals surface area (Å²) in [7, 11) is 0. The van der Waals surface area contributed by atoms with Crippen LogP contribution >= 0.6 is 0 Å². The average molecular weight is 346 g/mol. The highest BCUT2D eigenvalue weighted by atomic mass is 16.5. The molecule has 2 aliphatic rings. The van der Waals surface area contributed by atoms with Crippen LogP contribution in [0.2, 0.25) is 0 Å². The molecule has 2 aromatic rings. The fourth-order valence-electron chi connectivity index (χ4n) is 3.47. The zero-order chi connectivity index (χ0) is 17.4. The molecule has 25 heavy (non-hydrogen) atoms. The van der Waals surface area contributed by atoms with E-state index in [0.29, 0.717) is 6.04 Å². The first-order chi connectivity index (χ1) is 12.2. The number of hydrogen-bond donors (Lipinski definition) is 0. The molecule has 1 saturated heterocycles. The number of aromatic nitrogens is 6. The lowest BCUT2D eigenvalue weighted by atomic mass is 10.2. The molecule has 9 heteroatoms. The predicted molar refractivity (Wildman–Crippen MR) is 89.7 cm³/mol. The van der Waals surface area contributed by atoms with Gasteiger partial charge in [-0.2, -0.15) is 4.98 Å². The van der Waals surface area contributed by atoms with Gasteiger partial charge < -0.3 is 4.52 Å². The van der Waals surface area contributed by atoms with E-state index in [1.807, 2.05) is 11.6 Å². The Hall–Kier alpha value is -1.87. The molecule has 0 N–H and O–H groups in total. The van der Waals surface area contributed by atoms with Crippen molar-refractivity contribution in [3.63, 3.8) is 0 Å². The lowest BCUT2D eigenvalue weighted by Crippen LogP contribution is -2.48. The average Bonchev–Trinajstić information content (AvgIpc) is 3.19. The number of hydrogen-bond acceptors (Lipinski definition) is 8. The molecule has 3 heterocycles. The molecule has 0 amide bonds. The van der Waals surface area contributed by atoms with Gasteiger partial charge in [-0.1, -0.05) is 12.1 Å². The van der Waals surface area contributed by atoms with Gasteiger partial charge in [0.1, 0.15) is 0 Å². The van der Waals surface area contributed by atoms with Gasteiger partial charge in [-0.15, -0.1) is 5.10 Å². The summed E-state index contributed by atoms with van der Waals surface area (Å²) >= 11 is 0. The van der Waals surface area contributed by atoms with Gasteiger partial charge in [-0.05, 0) is 37.1 Å². The summed E-state index contributed by atoms with van der Waals surface area (Å²) < 4.78 is 7.42. The molecular formula is C16H26N8O. The van der Waals surface area contributed by atoms with Crippen LogP contribution < -0.4 is 0 Å². The van der Waals surface area contributed by atoms with Crippen molar-refractivity contribution in [2.45, 2.75) is 58.2 Å². The van der Waals surface area contributed by atoms with E-state index in [0.717, 1.165) is 50.1 Å². The van der Waals surface area contributed by atoms with Crippen molar-refractivity contribution >= 4 is 0 Å². The first-order valence-electron chi connectivity index (χ1n) is 9.25. The topological polar surface area (TPSA) is 89.0 Å². The molecule has 2 atom stereocenters. The smallest absolute Gasteiger partial charge is 0.243 e. The number of aryl methyl sites for hydroxylation is 1. The number of piperazine rings is 1. The molecule has 1 saturated carbocycles. The van der Waals surface area contributed by atoms with Crippen molar-refractivity contribution in [2.24, 2.45) is 0 Å². The molecule has 0 bridgehead atoms. The van der Waals surface area contributed by atoms with Crippen LogP contribution in [0.25, 0.3) is 0 Å². The number of rotatable bonds is 6. The second-order valence-electron chi connectivity index (χ2n) is 7.04. The minimum absolute atomic E-state index is 0.155. The molecule has 1 aliphatic heterocycles. The second-order valence-corrected chi connectivity index (χ2v) is 7.04. The summed E-state index contributed by atoms with van der Waals surface area (Å²) in [6.07, 6.45) is 3.19. The highest BCUT2D eigenvalue weighted by molar-refractivity contribution is 4.98. The van der Waals surface area contributed by atoms with Gasteiger partial charge >= 0.3 is 0 Å². The first-order valence-corrected chi connectivity index (χ1v) is 9.25. The van der Waals surface area contributed by atoms with Gasteiger partial charge in [-0.25, -0.2) is 4.68 Å². The lowest BCUT2D eigenvalue weighted by Gasteiger charge is -2.39. The van der Waals surface area contributed by atoms with Crippen LogP contribution in [-0.4, -0.2) is 66.3 Å². The Morgan fingerprint density at radius 1 is 1.08 bits per heavy atom. The largest absolute Gasteiger partial charge is 0.338 e. The zero-order valence-electron chi connectivity index (χ0n) is 15.2. The minimum atomic E-state index is 0.155. The Morgan fingerprint density at radius 3 is 2.36 bits per heavy atom. The van der Waals surface area contributed by atoms with Crippen LogP contribution in [0.5, 0.6) is 0 Å². The second kappa shape index (κ2) is 6.80. The quantitative estimate of drug-likeness (QED) is 0.775. The van der Waals surface area contributed by atoms with Crippen LogP contribution in [0.1, 0.15) is 69.3 Å². The Bertz CT molecular complexity index is 701. The molecule has 0 spiro atoms. The van der Waals surface area contributed by atoms with E-state index in [9.17, 15) is 0 Å². The van der Waals surface area contributed by atoms with E-state index in [1.165, 1.54) is 12.8 Å². The van der Waals surface area contributed by atoms with E-state index in [4.69, 9.17) is 4.52 Å². The molecule has 0 unspecified atom stereocenters. The van der Waals surface area contributed by atoms with Crippen LogP contribution in [0.3, 0.4) is 0 Å². The predicted octanol–water partition coefficient (Wildman–Crippen LogP) is 1.39. The number of tetrazole rings is 1. The normalized spacial score (nSPS) is 22.2. The van der Waals surface area contributed by atoms with Crippen LogP contribution in [0, 0.1) is 0 Å². The zero-order valence-corrected chi connectivity index (χ0v) is 15.2. The van der Waals surface area contributed by atoms with Gasteiger partial charge in [-0.3, -0.25) is 9.80 Å². The minimum Gasteiger partial charge on any atom is -0.338 e. The summed E-state index contributed by atoms with van der Waals surface area (Å²) in [5, 5.41) is 16.4. The van der Waals surface area contributed by atoms with Crippen LogP contribution in [0.15, 0.2) is 4.52 Å². The van der Waals surface area contributed by atoms with Crippen LogP contribution in [-0.2, 0) is 6.42 Å². The van der Waals surface area contributed by atoms with E-state index < -0.39 is 0 Å². The van der Waals surface area contributed by atoms with E-state index >= 15 is 0 Å². The van der Waals surface area contributed by atoms with Gasteiger partial charge in [0.15, 0.2) is 11.6 Å². The Labute approximate surface area is 147 Å². The van der Waals surface area contributed by atoms with E-state index in [1.54, 1.807) is 0 Å². The molecule has 136 valence electrons. The third-order valence-corrected chi connectivity index (χ3v) is 5.39. The molecule has 9 nitrogen and oxygen atoms in total. The van der Waals surface area contributed by atoms with Crippen molar-refractivity contribution in [3.8, 4) is 0 Å². The fraction of sp³-hybridized carbons (Fsp3) is 0.812. The molecule has 0 radical (unpaired) electrons. The maximum absolute atomic E-state index is 5.41. The molecule has 0 aromatic carbocycles. The molecule has 2 aromatic heterocycles. The van der Waals surface area contributed by atoms with Gasteiger partial charge in [0.05, 0.1) is 18.1 Å². The molecule has 4 rings (SSSR count). The molecule has 1 aliphatic carbocycles. The Kier molecular flexibility index (Phi) is 4.51. The van der Waals surface area contributed by atoms with Crippen molar-refractivity contribution in [3.05, 3.63) is 17.5 Å². The van der Waals surface area contributed by atoms with Crippen molar-refractivity contribution in [2.75, 3.05) is 26.2 Å². The van der Waals surface area contributed by atoms with Crippen molar-refractivity contribution in [1.29, 1.82) is 0 Å². The Morgan fingerprint density at radius 2 is 1.76 bits per heavy atom. The van der Waals surface area contributed by atoms with E-state index in [2.05, 4.69) is 49.3 Å². The summed E-state index contributed by atoms with van der Waals surface area (Å²) in [6, 6.07) is 0.907. The SMILES string of the molecule is CCc1noc([C@@H](C)N2CCN([C@H](C)c3nnnn3C3CC3)CC2)n1. The van der Waals surface area contributed by atoms with Gasteiger partial charge in [0.25, 0.3) is 0 Å². The van der Waals surface area contributed by atoms with Gasteiger partial charge in [0.2, 0.25) is 5.89 Å². The summed E-state index contributed by atoms with van der Waals surface area (Å²) in [6.45, 7) is 10.3. The van der Waals surface area contributed by atoms with Gasteiger partial charge in [0, 0.05) is 32.6 Å². The van der Waals surface area contributed by atoms with Crippen molar-refractivity contribution in [1.82, 2.24) is 40.1 Å². The molecular weight excluding hydrogens is 320 g/mol. The molecule has 2 fully saturated rings. The highest BCUT2D eigenvalue weighted by Gasteiger charge is 2.33. The number of nitrogens with zero attached hydrogens (tertiary/aromatic N) is 8. The third-order valence-electron chi connectivity index (χ3n) is 5.39. The maximum atomic E-state index is 5.41. The first kappa shape index (κ1) is 16.6. The maximum Gasteiger partial charge on any atom is 0.243 e. The standard InChI is InChI=1S/C16H26N8O/c1-4-14-17-16(25-19-14)12(3)23-9-7-22(8-10-23)11(2)15-18-20-21-24(15)13-5-6-13/h11-13H,4-10H2,1-3H3/t11-,12-/m1/s1. The highest BCUT2D eigenvalue weighted by Crippen LogP contribution is 2.36. The van der Waals surface area contributed by atoms with E-state index in [-0.39, 0.29) is 12.1 Å². The summed E-state index contributed by atoms with van der Waals surface area (Å²) in [5.41, 5.74) is 0.